The first-order valence-electron chi connectivity index (χ1n) is 11.0. The van der Waals surface area contributed by atoms with Gasteiger partial charge in [0.15, 0.2) is 5.65 Å². The van der Waals surface area contributed by atoms with E-state index < -0.39 is 0 Å². The highest BCUT2D eigenvalue weighted by Crippen LogP contribution is 2.28. The molecule has 6 rings (SSSR count). The van der Waals surface area contributed by atoms with E-state index in [-0.39, 0.29) is 0 Å². The van der Waals surface area contributed by atoms with Crippen LogP contribution in [0.1, 0.15) is 23.7 Å². The van der Waals surface area contributed by atoms with Crippen molar-refractivity contribution >= 4 is 45.4 Å². The quantitative estimate of drug-likeness (QED) is 0.338. The van der Waals surface area contributed by atoms with Crippen LogP contribution in [0.15, 0.2) is 41.5 Å². The lowest BCUT2D eigenvalue weighted by Crippen LogP contribution is -2.27. The number of H-pyrrole nitrogens is 1. The highest BCUT2D eigenvalue weighted by Gasteiger charge is 2.25. The van der Waals surface area contributed by atoms with Crippen molar-refractivity contribution in [2.75, 3.05) is 37.2 Å². The van der Waals surface area contributed by atoms with Crippen LogP contribution in [0.5, 0.6) is 0 Å². The zero-order valence-electron chi connectivity index (χ0n) is 18.0. The first-order chi connectivity index (χ1) is 16.2. The number of rotatable bonds is 7. The van der Waals surface area contributed by atoms with Crippen molar-refractivity contribution in [2.45, 2.75) is 18.9 Å². The Morgan fingerprint density at radius 3 is 3.03 bits per heavy atom. The SMILES string of the molecule is Nc1nc2ccc(C3CCN(CCNc4nc5ccncc5[nH]4)C3)nc2n1Cc1cscn1. The number of nitrogens with two attached hydrogens (primary N) is 1. The lowest BCUT2D eigenvalue weighted by molar-refractivity contribution is 0.347. The Bertz CT molecular complexity index is 1360. The van der Waals surface area contributed by atoms with E-state index in [9.17, 15) is 0 Å². The fraction of sp³-hybridized carbons (Fsp3) is 0.318. The molecule has 0 bridgehead atoms. The summed E-state index contributed by atoms with van der Waals surface area (Å²) in [6.07, 6.45) is 4.63. The van der Waals surface area contributed by atoms with Crippen molar-refractivity contribution in [3.05, 3.63) is 52.9 Å². The third-order valence-corrected chi connectivity index (χ3v) is 6.78. The number of hydrogen-bond donors (Lipinski definition) is 3. The van der Waals surface area contributed by atoms with Gasteiger partial charge < -0.3 is 20.9 Å². The Labute approximate surface area is 193 Å². The highest BCUT2D eigenvalue weighted by atomic mass is 32.1. The molecule has 11 heteroatoms. The Kier molecular flexibility index (Phi) is 5.11. The van der Waals surface area contributed by atoms with Gasteiger partial charge in [-0.25, -0.2) is 19.9 Å². The van der Waals surface area contributed by atoms with Crippen LogP contribution in [-0.4, -0.2) is 65.5 Å². The number of pyridine rings is 2. The van der Waals surface area contributed by atoms with Gasteiger partial charge in [-0.1, -0.05) is 0 Å². The van der Waals surface area contributed by atoms with Gasteiger partial charge in [0.25, 0.3) is 0 Å². The third-order valence-electron chi connectivity index (χ3n) is 6.14. The maximum Gasteiger partial charge on any atom is 0.202 e. The number of thiazole rings is 1. The molecule has 5 aromatic rings. The highest BCUT2D eigenvalue weighted by molar-refractivity contribution is 7.07. The van der Waals surface area contributed by atoms with Gasteiger partial charge in [-0.05, 0) is 31.2 Å². The Morgan fingerprint density at radius 2 is 2.15 bits per heavy atom. The standard InChI is InChI=1S/C22H24N10S/c23-21-28-18-2-1-16(27-20(18)32(21)11-15-12-33-13-26-15)14-4-7-31(10-14)8-6-25-22-29-17-3-5-24-9-19(17)30-22/h1-3,5,9,12-14H,4,6-8,10-11H2,(H2,23,28)(H2,25,29,30). The number of fused-ring (bicyclic) bond motifs is 2. The minimum absolute atomic E-state index is 0.399. The van der Waals surface area contributed by atoms with Crippen LogP contribution in [0, 0.1) is 0 Å². The smallest absolute Gasteiger partial charge is 0.202 e. The lowest BCUT2D eigenvalue weighted by Gasteiger charge is -2.16. The molecule has 168 valence electrons. The van der Waals surface area contributed by atoms with Crippen LogP contribution in [0.2, 0.25) is 0 Å². The van der Waals surface area contributed by atoms with Crippen molar-refractivity contribution < 1.29 is 0 Å². The molecule has 0 saturated carbocycles. The Balaban J connectivity index is 1.11. The van der Waals surface area contributed by atoms with E-state index >= 15 is 0 Å². The van der Waals surface area contributed by atoms with E-state index in [1.165, 1.54) is 0 Å². The van der Waals surface area contributed by atoms with E-state index in [2.05, 4.69) is 41.2 Å². The zero-order chi connectivity index (χ0) is 22.2. The molecule has 1 atom stereocenters. The summed E-state index contributed by atoms with van der Waals surface area (Å²) < 4.78 is 1.95. The van der Waals surface area contributed by atoms with Crippen LogP contribution in [0.25, 0.3) is 22.2 Å². The molecule has 1 fully saturated rings. The van der Waals surface area contributed by atoms with E-state index in [0.717, 1.165) is 72.1 Å². The van der Waals surface area contributed by atoms with Gasteiger partial charge in [0, 0.05) is 42.8 Å². The minimum atomic E-state index is 0.399. The minimum Gasteiger partial charge on any atom is -0.369 e. The number of imidazole rings is 2. The zero-order valence-corrected chi connectivity index (χ0v) is 18.8. The van der Waals surface area contributed by atoms with E-state index in [4.69, 9.17) is 10.7 Å². The fourth-order valence-corrected chi connectivity index (χ4v) is 4.99. The van der Waals surface area contributed by atoms with Gasteiger partial charge in [-0.3, -0.25) is 9.55 Å². The normalized spacial score (nSPS) is 16.8. The van der Waals surface area contributed by atoms with Crippen LogP contribution in [0.4, 0.5) is 11.9 Å². The fourth-order valence-electron chi connectivity index (χ4n) is 4.44. The molecule has 5 aromatic heterocycles. The summed E-state index contributed by atoms with van der Waals surface area (Å²) >= 11 is 1.58. The summed E-state index contributed by atoms with van der Waals surface area (Å²) in [5.74, 6) is 1.66. The molecule has 0 spiro atoms. The lowest BCUT2D eigenvalue weighted by atomic mass is 10.0. The first kappa shape index (κ1) is 20.1. The summed E-state index contributed by atoms with van der Waals surface area (Å²) in [5, 5.41) is 5.42. The maximum atomic E-state index is 6.18. The molecule has 6 heterocycles. The topological polar surface area (TPSA) is 126 Å². The monoisotopic (exact) mass is 460 g/mol. The van der Waals surface area contributed by atoms with Crippen LogP contribution < -0.4 is 11.1 Å². The van der Waals surface area contributed by atoms with Gasteiger partial charge in [-0.2, -0.15) is 0 Å². The maximum absolute atomic E-state index is 6.18. The molecule has 1 aliphatic heterocycles. The largest absolute Gasteiger partial charge is 0.369 e. The summed E-state index contributed by atoms with van der Waals surface area (Å²) in [5.41, 5.74) is 13.6. The van der Waals surface area contributed by atoms with Gasteiger partial charge in [0.05, 0.1) is 35.0 Å². The van der Waals surface area contributed by atoms with Crippen molar-refractivity contribution in [1.29, 1.82) is 0 Å². The average molecular weight is 461 g/mol. The molecular formula is C22H24N10S. The molecule has 0 aromatic carbocycles. The van der Waals surface area contributed by atoms with Gasteiger partial charge in [0.2, 0.25) is 11.9 Å². The van der Waals surface area contributed by atoms with Crippen molar-refractivity contribution in [2.24, 2.45) is 0 Å². The molecule has 10 nitrogen and oxygen atoms in total. The van der Waals surface area contributed by atoms with E-state index in [1.54, 1.807) is 23.7 Å². The molecule has 0 radical (unpaired) electrons. The van der Waals surface area contributed by atoms with E-state index in [0.29, 0.717) is 18.4 Å². The molecule has 0 amide bonds. The van der Waals surface area contributed by atoms with E-state index in [1.807, 2.05) is 27.6 Å². The molecule has 1 saturated heterocycles. The van der Waals surface area contributed by atoms with Gasteiger partial charge in [0.1, 0.15) is 5.52 Å². The third kappa shape index (κ3) is 4.00. The number of anilines is 2. The molecule has 33 heavy (non-hydrogen) atoms. The second kappa shape index (κ2) is 8.41. The Hall–Kier alpha value is -3.57. The number of aromatic amines is 1. The molecule has 1 aliphatic rings. The van der Waals surface area contributed by atoms with Crippen LogP contribution in [0.3, 0.4) is 0 Å². The van der Waals surface area contributed by atoms with Crippen molar-refractivity contribution in [3.8, 4) is 0 Å². The molecule has 1 unspecified atom stereocenters. The summed E-state index contributed by atoms with van der Waals surface area (Å²) in [4.78, 5) is 28.2. The summed E-state index contributed by atoms with van der Waals surface area (Å²) in [6.45, 7) is 4.39. The molecule has 4 N–H and O–H groups in total. The van der Waals surface area contributed by atoms with Gasteiger partial charge >= 0.3 is 0 Å². The summed E-state index contributed by atoms with van der Waals surface area (Å²) in [6, 6.07) is 6.03. The van der Waals surface area contributed by atoms with Crippen LogP contribution >= 0.6 is 11.3 Å². The first-order valence-corrected chi connectivity index (χ1v) is 11.9. The van der Waals surface area contributed by atoms with Crippen LogP contribution in [-0.2, 0) is 6.54 Å². The predicted molar refractivity (Wildman–Crippen MR) is 129 cm³/mol. The number of hydrogen-bond acceptors (Lipinski definition) is 9. The number of nitrogen functional groups attached to an aromatic ring is 1. The van der Waals surface area contributed by atoms with Crippen molar-refractivity contribution in [1.82, 2.24) is 39.4 Å². The number of aromatic nitrogens is 7. The molecule has 0 aliphatic carbocycles. The predicted octanol–water partition coefficient (Wildman–Crippen LogP) is 2.69. The molecular weight excluding hydrogens is 436 g/mol. The second-order valence-corrected chi connectivity index (χ2v) is 9.02. The van der Waals surface area contributed by atoms with Gasteiger partial charge in [-0.15, -0.1) is 11.3 Å². The summed E-state index contributed by atoms with van der Waals surface area (Å²) in [7, 11) is 0. The second-order valence-electron chi connectivity index (χ2n) is 8.31. The average Bonchev–Trinajstić information content (AvgIpc) is 3.61. The Morgan fingerprint density at radius 1 is 1.18 bits per heavy atom. The van der Waals surface area contributed by atoms with Crippen molar-refractivity contribution in [3.63, 3.8) is 0 Å². The number of likely N-dealkylation sites (tertiary alicyclic amines) is 1. The number of nitrogens with zero attached hydrogens (tertiary/aromatic N) is 7. The number of nitrogens with one attached hydrogen (secondary N) is 2.